The molecule has 6 heteroatoms. The fourth-order valence-corrected chi connectivity index (χ4v) is 5.21. The van der Waals surface area contributed by atoms with Gasteiger partial charge in [0, 0.05) is 5.56 Å². The van der Waals surface area contributed by atoms with Crippen LogP contribution in [0.1, 0.15) is 80.1 Å². The summed E-state index contributed by atoms with van der Waals surface area (Å²) in [5, 5.41) is 0. The van der Waals surface area contributed by atoms with Crippen LogP contribution in [0.15, 0.2) is 54.6 Å². The van der Waals surface area contributed by atoms with Crippen molar-refractivity contribution < 1.29 is 27.4 Å². The van der Waals surface area contributed by atoms with Crippen LogP contribution in [0.3, 0.4) is 0 Å². The van der Waals surface area contributed by atoms with E-state index in [-0.39, 0.29) is 28.5 Å². The van der Waals surface area contributed by atoms with Crippen molar-refractivity contribution in [3.05, 3.63) is 83.2 Å². The maximum absolute atomic E-state index is 15.1. The minimum Gasteiger partial charge on any atom is -0.494 e. The predicted molar refractivity (Wildman–Crippen MR) is 139 cm³/mol. The fraction of sp³-hybridized carbons (Fsp3) is 0.387. The van der Waals surface area contributed by atoms with Gasteiger partial charge in [-0.1, -0.05) is 56.9 Å². The van der Waals surface area contributed by atoms with Crippen molar-refractivity contribution in [2.24, 2.45) is 5.92 Å². The Bertz CT molecular complexity index is 1220. The van der Waals surface area contributed by atoms with Crippen LogP contribution in [0.25, 0.3) is 11.1 Å². The van der Waals surface area contributed by atoms with Gasteiger partial charge < -0.3 is 9.47 Å². The first-order valence-electron chi connectivity index (χ1n) is 13.0. The van der Waals surface area contributed by atoms with Crippen LogP contribution < -0.4 is 9.47 Å². The minimum atomic E-state index is -0.860. The fourth-order valence-electron chi connectivity index (χ4n) is 5.21. The summed E-state index contributed by atoms with van der Waals surface area (Å²) < 4.78 is 54.3. The van der Waals surface area contributed by atoms with Crippen LogP contribution in [0.2, 0.25) is 0 Å². The molecule has 1 aliphatic carbocycles. The number of rotatable bonds is 9. The van der Waals surface area contributed by atoms with Gasteiger partial charge in [0.1, 0.15) is 5.75 Å². The van der Waals surface area contributed by atoms with Crippen LogP contribution in [0, 0.1) is 23.4 Å². The number of benzene rings is 3. The molecule has 3 aromatic carbocycles. The van der Waals surface area contributed by atoms with Crippen molar-refractivity contribution >= 4 is 5.97 Å². The number of hydrogen-bond acceptors (Lipinski definition) is 3. The Balaban J connectivity index is 1.41. The third kappa shape index (κ3) is 6.35. The summed E-state index contributed by atoms with van der Waals surface area (Å²) >= 11 is 0. The summed E-state index contributed by atoms with van der Waals surface area (Å²) in [5.41, 5.74) is 1.12. The zero-order valence-corrected chi connectivity index (χ0v) is 21.4. The third-order valence-electron chi connectivity index (χ3n) is 7.38. The highest BCUT2D eigenvalue weighted by Crippen LogP contribution is 2.40. The Hall–Kier alpha value is -3.28. The van der Waals surface area contributed by atoms with E-state index < -0.39 is 23.4 Å². The molecule has 1 aliphatic rings. The molecule has 0 amide bonds. The Kier molecular flexibility index (Phi) is 8.91. The van der Waals surface area contributed by atoms with Crippen LogP contribution in [0.5, 0.6) is 11.5 Å². The maximum Gasteiger partial charge on any atom is 0.343 e. The number of hydrogen-bond donors (Lipinski definition) is 0. The molecular weight excluding hydrogens is 477 g/mol. The highest BCUT2D eigenvalue weighted by molar-refractivity contribution is 5.91. The molecule has 0 heterocycles. The molecule has 0 N–H and O–H groups in total. The van der Waals surface area contributed by atoms with Gasteiger partial charge in [-0.2, -0.15) is 0 Å². The SMILES string of the molecule is CCCCCC1CCC(c2ccc(-c3ccc(OC(=O)c4ccc(OC)c(F)c4)cc3)c(F)c2F)CC1. The van der Waals surface area contributed by atoms with Gasteiger partial charge >= 0.3 is 5.97 Å². The second kappa shape index (κ2) is 12.3. The average molecular weight is 511 g/mol. The molecule has 0 atom stereocenters. The second-order valence-corrected chi connectivity index (χ2v) is 9.81. The zero-order chi connectivity index (χ0) is 26.4. The van der Waals surface area contributed by atoms with Crippen molar-refractivity contribution in [3.8, 4) is 22.6 Å². The molecule has 3 nitrogen and oxygen atoms in total. The summed E-state index contributed by atoms with van der Waals surface area (Å²) in [4.78, 5) is 12.4. The van der Waals surface area contributed by atoms with Gasteiger partial charge in [-0.3, -0.25) is 0 Å². The van der Waals surface area contributed by atoms with E-state index in [4.69, 9.17) is 9.47 Å². The Morgan fingerprint density at radius 1 is 0.892 bits per heavy atom. The smallest absolute Gasteiger partial charge is 0.343 e. The van der Waals surface area contributed by atoms with Gasteiger partial charge in [-0.15, -0.1) is 0 Å². The van der Waals surface area contributed by atoms with Gasteiger partial charge in [-0.05, 0) is 79.0 Å². The number of carbonyl (C=O) groups excluding carboxylic acids is 1. The van der Waals surface area contributed by atoms with Crippen molar-refractivity contribution in [2.75, 3.05) is 7.11 Å². The molecule has 196 valence electrons. The van der Waals surface area contributed by atoms with Crippen LogP contribution in [0.4, 0.5) is 13.2 Å². The Morgan fingerprint density at radius 2 is 1.62 bits per heavy atom. The number of halogens is 3. The number of carbonyl (C=O) groups is 1. The van der Waals surface area contributed by atoms with E-state index in [0.717, 1.165) is 31.7 Å². The lowest BCUT2D eigenvalue weighted by Crippen LogP contribution is -2.15. The lowest BCUT2D eigenvalue weighted by molar-refractivity contribution is 0.0734. The highest BCUT2D eigenvalue weighted by Gasteiger charge is 2.26. The predicted octanol–water partition coefficient (Wildman–Crippen LogP) is 8.85. The number of methoxy groups -OCH3 is 1. The second-order valence-electron chi connectivity index (χ2n) is 9.81. The summed E-state index contributed by atoms with van der Waals surface area (Å²) in [6.07, 6.45) is 8.88. The summed E-state index contributed by atoms with van der Waals surface area (Å²) in [7, 11) is 1.33. The molecule has 0 aliphatic heterocycles. The topological polar surface area (TPSA) is 35.5 Å². The standard InChI is InChI=1S/C31H33F3O3/c1-3-4-5-6-20-7-9-21(10-8-20)25-16-17-26(30(34)29(25)33)22-11-14-24(15-12-22)37-31(35)23-13-18-28(36-2)27(32)19-23/h11-21H,3-10H2,1-2H3. The monoisotopic (exact) mass is 510 g/mol. The van der Waals surface area contributed by atoms with E-state index in [1.165, 1.54) is 57.1 Å². The normalized spacial score (nSPS) is 17.4. The molecule has 4 rings (SSSR count). The van der Waals surface area contributed by atoms with E-state index in [9.17, 15) is 9.18 Å². The van der Waals surface area contributed by atoms with E-state index in [1.54, 1.807) is 24.3 Å². The molecule has 37 heavy (non-hydrogen) atoms. The lowest BCUT2D eigenvalue weighted by atomic mass is 9.76. The molecule has 3 aromatic rings. The van der Waals surface area contributed by atoms with E-state index in [0.29, 0.717) is 17.0 Å². The van der Waals surface area contributed by atoms with E-state index in [2.05, 4.69) is 6.92 Å². The number of esters is 1. The minimum absolute atomic E-state index is 0.0243. The van der Waals surface area contributed by atoms with Gasteiger partial charge in [0.15, 0.2) is 23.2 Å². The van der Waals surface area contributed by atoms with Gasteiger partial charge in [0.2, 0.25) is 0 Å². The van der Waals surface area contributed by atoms with Crippen molar-refractivity contribution in [1.82, 2.24) is 0 Å². The molecule has 0 spiro atoms. The molecule has 0 bridgehead atoms. The zero-order valence-electron chi connectivity index (χ0n) is 21.4. The quantitative estimate of drug-likeness (QED) is 0.164. The molecule has 0 radical (unpaired) electrons. The first-order valence-corrected chi connectivity index (χ1v) is 13.0. The number of ether oxygens (including phenoxy) is 2. The van der Waals surface area contributed by atoms with Crippen LogP contribution in [-0.4, -0.2) is 13.1 Å². The molecule has 0 aromatic heterocycles. The number of unbranched alkanes of at least 4 members (excludes halogenated alkanes) is 2. The van der Waals surface area contributed by atoms with Gasteiger partial charge in [0.05, 0.1) is 12.7 Å². The van der Waals surface area contributed by atoms with Gasteiger partial charge in [-0.25, -0.2) is 18.0 Å². The van der Waals surface area contributed by atoms with Crippen LogP contribution >= 0.6 is 0 Å². The Morgan fingerprint density at radius 3 is 2.27 bits per heavy atom. The molecule has 1 fully saturated rings. The summed E-state index contributed by atoms with van der Waals surface area (Å²) in [5.74, 6) is -2.06. The maximum atomic E-state index is 15.1. The largest absolute Gasteiger partial charge is 0.494 e. The Labute approximate surface area is 216 Å². The molecule has 0 unspecified atom stereocenters. The van der Waals surface area contributed by atoms with Crippen molar-refractivity contribution in [2.45, 2.75) is 64.2 Å². The van der Waals surface area contributed by atoms with Gasteiger partial charge in [0.25, 0.3) is 0 Å². The van der Waals surface area contributed by atoms with Crippen LogP contribution in [-0.2, 0) is 0 Å². The molecule has 1 saturated carbocycles. The summed E-state index contributed by atoms with van der Waals surface area (Å²) in [6, 6.07) is 13.2. The van der Waals surface area contributed by atoms with Crippen molar-refractivity contribution in [3.63, 3.8) is 0 Å². The van der Waals surface area contributed by atoms with E-state index in [1.807, 2.05) is 0 Å². The first-order chi connectivity index (χ1) is 17.9. The average Bonchev–Trinajstić information content (AvgIpc) is 2.91. The third-order valence-corrected chi connectivity index (χ3v) is 7.38. The summed E-state index contributed by atoms with van der Waals surface area (Å²) in [6.45, 7) is 2.20. The molecule has 0 saturated heterocycles. The van der Waals surface area contributed by atoms with E-state index >= 15 is 8.78 Å². The molecular formula is C31H33F3O3. The van der Waals surface area contributed by atoms with Crippen molar-refractivity contribution in [1.29, 1.82) is 0 Å². The highest BCUT2D eigenvalue weighted by atomic mass is 19.2. The lowest BCUT2D eigenvalue weighted by Gasteiger charge is -2.29. The first kappa shape index (κ1) is 26.8.